The third-order valence-electron chi connectivity index (χ3n) is 3.25. The summed E-state index contributed by atoms with van der Waals surface area (Å²) in [5.74, 6) is -1.18. The second kappa shape index (κ2) is 8.90. The number of alkyl halides is 3. The molecule has 2 aromatic rings. The summed E-state index contributed by atoms with van der Waals surface area (Å²) in [6, 6.07) is 1.98. The van der Waals surface area contributed by atoms with Crippen LogP contribution in [0.4, 0.5) is 17.6 Å². The molecule has 1 amide bonds. The Morgan fingerprint density at radius 2 is 1.81 bits per heavy atom. The number of nitrogens with zero attached hydrogens (tertiary/aromatic N) is 2. The van der Waals surface area contributed by atoms with Gasteiger partial charge in [-0.25, -0.2) is 9.37 Å². The molecule has 0 aliphatic rings. The first-order valence-corrected chi connectivity index (χ1v) is 8.01. The third kappa shape index (κ3) is 7.69. The van der Waals surface area contributed by atoms with Crippen molar-refractivity contribution in [2.45, 2.75) is 45.5 Å². The van der Waals surface area contributed by atoms with Gasteiger partial charge in [-0.15, -0.1) is 0 Å². The van der Waals surface area contributed by atoms with Crippen LogP contribution in [0.5, 0.6) is 0 Å². The Morgan fingerprint density at radius 1 is 1.19 bits per heavy atom. The van der Waals surface area contributed by atoms with Crippen molar-refractivity contribution < 1.29 is 22.4 Å². The summed E-state index contributed by atoms with van der Waals surface area (Å²) in [7, 11) is 0. The van der Waals surface area contributed by atoms with Gasteiger partial charge in [0.2, 0.25) is 0 Å². The van der Waals surface area contributed by atoms with Crippen LogP contribution >= 0.6 is 0 Å². The molecule has 0 saturated heterocycles. The van der Waals surface area contributed by atoms with Gasteiger partial charge in [0.15, 0.2) is 0 Å². The Balaban J connectivity index is 0.000000337. The lowest BCUT2D eigenvalue weighted by atomic mass is 10.0. The zero-order chi connectivity index (χ0) is 20.8. The fourth-order valence-corrected chi connectivity index (χ4v) is 2.21. The summed E-state index contributed by atoms with van der Waals surface area (Å²) in [5.41, 5.74) is 3.95. The topological polar surface area (TPSA) is 80.9 Å². The maximum atomic E-state index is 13.6. The van der Waals surface area contributed by atoms with Gasteiger partial charge in [0, 0.05) is 29.5 Å². The number of benzene rings is 1. The van der Waals surface area contributed by atoms with Gasteiger partial charge in [0.25, 0.3) is 5.91 Å². The van der Waals surface area contributed by atoms with Gasteiger partial charge in [0.05, 0.1) is 11.8 Å². The van der Waals surface area contributed by atoms with Gasteiger partial charge in [-0.05, 0) is 45.9 Å². The number of nitrogens with two attached hydrogens (primary N) is 1. The number of amides is 1. The minimum atomic E-state index is -4.45. The van der Waals surface area contributed by atoms with Crippen molar-refractivity contribution in [3.8, 4) is 0 Å². The lowest BCUT2D eigenvalue weighted by Gasteiger charge is -2.27. The normalized spacial score (nSPS) is 12.7. The average Bonchev–Trinajstić information content (AvgIpc) is 2.54. The first-order valence-electron chi connectivity index (χ1n) is 8.01. The van der Waals surface area contributed by atoms with Gasteiger partial charge in [0.1, 0.15) is 11.5 Å². The zero-order valence-electron chi connectivity index (χ0n) is 15.4. The van der Waals surface area contributed by atoms with Crippen molar-refractivity contribution in [3.05, 3.63) is 59.4 Å². The van der Waals surface area contributed by atoms with E-state index in [4.69, 9.17) is 5.73 Å². The fraction of sp³-hybridized carbons (Fsp3) is 0.389. The second-order valence-corrected chi connectivity index (χ2v) is 6.80. The second-order valence-electron chi connectivity index (χ2n) is 6.80. The lowest BCUT2D eigenvalue weighted by molar-refractivity contribution is -0.137. The SMILES string of the molecule is CC(NC(C)(C)C)c1cc(C(F)(F)F)ccc1F.NC(=O)c1cnccn1. The molecule has 0 bridgehead atoms. The monoisotopic (exact) mass is 386 g/mol. The summed E-state index contributed by atoms with van der Waals surface area (Å²) in [4.78, 5) is 17.6. The van der Waals surface area contributed by atoms with Crippen LogP contribution in [0.15, 0.2) is 36.8 Å². The van der Waals surface area contributed by atoms with E-state index in [9.17, 15) is 22.4 Å². The van der Waals surface area contributed by atoms with Crippen molar-refractivity contribution in [1.29, 1.82) is 0 Å². The Morgan fingerprint density at radius 3 is 2.22 bits per heavy atom. The van der Waals surface area contributed by atoms with Crippen LogP contribution in [0.25, 0.3) is 0 Å². The van der Waals surface area contributed by atoms with Crippen LogP contribution in [0, 0.1) is 5.82 Å². The fourth-order valence-electron chi connectivity index (χ4n) is 2.21. The molecule has 0 spiro atoms. The summed E-state index contributed by atoms with van der Waals surface area (Å²) < 4.78 is 51.3. The van der Waals surface area contributed by atoms with Crippen LogP contribution in [0.3, 0.4) is 0 Å². The van der Waals surface area contributed by atoms with Crippen molar-refractivity contribution in [2.75, 3.05) is 0 Å². The number of hydrogen-bond acceptors (Lipinski definition) is 4. The molecular weight excluding hydrogens is 364 g/mol. The molecule has 1 heterocycles. The quantitative estimate of drug-likeness (QED) is 0.785. The number of carbonyl (C=O) groups is 1. The van der Waals surface area contributed by atoms with Crippen LogP contribution in [-0.2, 0) is 6.18 Å². The van der Waals surface area contributed by atoms with Gasteiger partial charge in [-0.2, -0.15) is 13.2 Å². The van der Waals surface area contributed by atoms with Crippen molar-refractivity contribution in [3.63, 3.8) is 0 Å². The van der Waals surface area contributed by atoms with Crippen molar-refractivity contribution >= 4 is 5.91 Å². The largest absolute Gasteiger partial charge is 0.416 e. The molecule has 5 nitrogen and oxygen atoms in total. The number of aromatic nitrogens is 2. The number of carbonyl (C=O) groups excluding carboxylic acids is 1. The van der Waals surface area contributed by atoms with E-state index >= 15 is 0 Å². The van der Waals surface area contributed by atoms with E-state index < -0.39 is 29.5 Å². The van der Waals surface area contributed by atoms with Crippen LogP contribution < -0.4 is 11.1 Å². The summed E-state index contributed by atoms with van der Waals surface area (Å²) in [6.45, 7) is 7.25. The predicted molar refractivity (Wildman–Crippen MR) is 93.3 cm³/mol. The minimum absolute atomic E-state index is 0.0275. The molecule has 2 rings (SSSR count). The Hall–Kier alpha value is -2.55. The molecule has 0 radical (unpaired) electrons. The van der Waals surface area contributed by atoms with Crippen LogP contribution in [0.2, 0.25) is 0 Å². The highest BCUT2D eigenvalue weighted by molar-refractivity contribution is 5.90. The van der Waals surface area contributed by atoms with E-state index in [1.165, 1.54) is 18.6 Å². The van der Waals surface area contributed by atoms with Crippen LogP contribution in [0.1, 0.15) is 55.4 Å². The lowest BCUT2D eigenvalue weighted by Crippen LogP contribution is -2.38. The highest BCUT2D eigenvalue weighted by Gasteiger charge is 2.31. The highest BCUT2D eigenvalue weighted by atomic mass is 19.4. The summed E-state index contributed by atoms with van der Waals surface area (Å²) >= 11 is 0. The first-order chi connectivity index (χ1) is 12.3. The molecule has 1 unspecified atom stereocenters. The van der Waals surface area contributed by atoms with Crippen molar-refractivity contribution in [2.24, 2.45) is 5.73 Å². The Kier molecular flexibility index (Phi) is 7.41. The molecule has 0 saturated carbocycles. The number of rotatable bonds is 3. The molecule has 0 fully saturated rings. The standard InChI is InChI=1S/C13H17F4N.C5H5N3O/c1-8(18-12(2,3)4)10-7-9(13(15,16)17)5-6-11(10)14;6-5(9)4-3-7-1-2-8-4/h5-8,18H,1-4H3;1-3H,(H2,6,9). The van der Waals surface area contributed by atoms with Gasteiger partial charge in [-0.3, -0.25) is 9.78 Å². The number of hydrogen-bond donors (Lipinski definition) is 2. The first kappa shape index (κ1) is 22.5. The molecule has 0 aliphatic carbocycles. The molecule has 1 aromatic carbocycles. The van der Waals surface area contributed by atoms with E-state index in [0.717, 1.165) is 18.2 Å². The van der Waals surface area contributed by atoms with Gasteiger partial charge < -0.3 is 11.1 Å². The summed E-state index contributed by atoms with van der Waals surface area (Å²) in [6.07, 6.45) is -0.237. The molecule has 9 heteroatoms. The van der Waals surface area contributed by atoms with Crippen LogP contribution in [-0.4, -0.2) is 21.4 Å². The molecule has 27 heavy (non-hydrogen) atoms. The highest BCUT2D eigenvalue weighted by Crippen LogP contribution is 2.32. The number of primary amides is 1. The summed E-state index contributed by atoms with van der Waals surface area (Å²) in [5, 5.41) is 3.05. The van der Waals surface area contributed by atoms with E-state index in [2.05, 4.69) is 15.3 Å². The smallest absolute Gasteiger partial charge is 0.364 e. The molecule has 1 aromatic heterocycles. The maximum absolute atomic E-state index is 13.6. The van der Waals surface area contributed by atoms with E-state index in [-0.39, 0.29) is 16.8 Å². The molecular formula is C18H22F4N4O. The van der Waals surface area contributed by atoms with E-state index in [1.807, 2.05) is 20.8 Å². The van der Waals surface area contributed by atoms with E-state index in [1.54, 1.807) is 6.92 Å². The molecule has 3 N–H and O–H groups in total. The molecule has 0 aliphatic heterocycles. The maximum Gasteiger partial charge on any atom is 0.416 e. The predicted octanol–water partition coefficient (Wildman–Crippen LogP) is 3.87. The van der Waals surface area contributed by atoms with Gasteiger partial charge >= 0.3 is 6.18 Å². The molecule has 1 atom stereocenters. The number of nitrogens with one attached hydrogen (secondary N) is 1. The Bertz CT molecular complexity index is 758. The van der Waals surface area contributed by atoms with E-state index in [0.29, 0.717) is 0 Å². The minimum Gasteiger partial charge on any atom is -0.364 e. The number of halogens is 4. The van der Waals surface area contributed by atoms with Crippen molar-refractivity contribution in [1.82, 2.24) is 15.3 Å². The molecule has 148 valence electrons. The zero-order valence-corrected chi connectivity index (χ0v) is 15.4. The Labute approximate surface area is 155 Å². The van der Waals surface area contributed by atoms with Gasteiger partial charge in [-0.1, -0.05) is 0 Å². The average molecular weight is 386 g/mol. The third-order valence-corrected chi connectivity index (χ3v) is 3.25.